The van der Waals surface area contributed by atoms with Crippen LogP contribution in [0, 0.1) is 0 Å². The Labute approximate surface area is 122 Å². The van der Waals surface area contributed by atoms with E-state index >= 15 is 0 Å². The van der Waals surface area contributed by atoms with Gasteiger partial charge < -0.3 is 0 Å². The summed E-state index contributed by atoms with van der Waals surface area (Å²) in [7, 11) is -3.66. The van der Waals surface area contributed by atoms with Crippen molar-refractivity contribution in [2.45, 2.75) is 24.2 Å². The highest BCUT2D eigenvalue weighted by molar-refractivity contribution is 7.92. The van der Waals surface area contributed by atoms with E-state index in [1.165, 1.54) is 18.0 Å². The van der Waals surface area contributed by atoms with Gasteiger partial charge in [0.1, 0.15) is 5.15 Å². The molecule has 0 saturated heterocycles. The molecule has 7 heteroatoms. The van der Waals surface area contributed by atoms with Crippen molar-refractivity contribution in [3.8, 4) is 0 Å². The van der Waals surface area contributed by atoms with E-state index in [9.17, 15) is 8.42 Å². The van der Waals surface area contributed by atoms with Gasteiger partial charge in [-0.05, 0) is 42.5 Å². The molecule has 1 aliphatic carbocycles. The van der Waals surface area contributed by atoms with Crippen LogP contribution in [-0.2, 0) is 22.9 Å². The lowest BCUT2D eigenvalue weighted by Crippen LogP contribution is -2.14. The van der Waals surface area contributed by atoms with Crippen molar-refractivity contribution in [3.63, 3.8) is 0 Å². The van der Waals surface area contributed by atoms with E-state index in [1.54, 1.807) is 12.1 Å². The minimum atomic E-state index is -3.66. The van der Waals surface area contributed by atoms with Crippen molar-refractivity contribution in [2.75, 3.05) is 4.72 Å². The number of nitrogens with zero attached hydrogens (tertiary/aromatic N) is 2. The van der Waals surface area contributed by atoms with Crippen LogP contribution in [-0.4, -0.2) is 18.4 Å². The van der Waals surface area contributed by atoms with Crippen LogP contribution in [0.1, 0.15) is 17.5 Å². The molecule has 104 valence electrons. The van der Waals surface area contributed by atoms with Crippen molar-refractivity contribution in [1.29, 1.82) is 0 Å². The standard InChI is InChI=1S/C13H12ClN3O2S/c14-12-7-15-8-13(16-12)17-20(18,19)11-5-4-9-2-1-3-10(9)6-11/h4-8H,1-3H2,(H,16,17). The average molecular weight is 310 g/mol. The van der Waals surface area contributed by atoms with E-state index in [2.05, 4.69) is 14.7 Å². The Morgan fingerprint density at radius 3 is 2.75 bits per heavy atom. The molecule has 20 heavy (non-hydrogen) atoms. The molecule has 1 aromatic heterocycles. The first-order chi connectivity index (χ1) is 9.54. The number of sulfonamides is 1. The molecule has 0 spiro atoms. The summed E-state index contributed by atoms with van der Waals surface area (Å²) >= 11 is 5.69. The molecule has 0 unspecified atom stereocenters. The van der Waals surface area contributed by atoms with Gasteiger partial charge in [0.05, 0.1) is 17.3 Å². The molecule has 0 atom stereocenters. The molecule has 0 amide bonds. The number of anilines is 1. The Bertz CT molecular complexity index is 762. The van der Waals surface area contributed by atoms with Crippen molar-refractivity contribution >= 4 is 27.4 Å². The zero-order valence-electron chi connectivity index (χ0n) is 10.5. The molecule has 0 bridgehead atoms. The van der Waals surface area contributed by atoms with Crippen LogP contribution in [0.15, 0.2) is 35.5 Å². The van der Waals surface area contributed by atoms with Crippen LogP contribution in [0.4, 0.5) is 5.82 Å². The van der Waals surface area contributed by atoms with Gasteiger partial charge in [0.15, 0.2) is 5.82 Å². The summed E-state index contributed by atoms with van der Waals surface area (Å²) in [6.07, 6.45) is 5.68. The van der Waals surface area contributed by atoms with Crippen molar-refractivity contribution in [2.24, 2.45) is 0 Å². The monoisotopic (exact) mass is 309 g/mol. The molecule has 2 aromatic rings. The molecule has 1 heterocycles. The molecule has 1 N–H and O–H groups in total. The second-order valence-corrected chi connectivity index (χ2v) is 6.69. The van der Waals surface area contributed by atoms with Gasteiger partial charge in [-0.1, -0.05) is 17.7 Å². The lowest BCUT2D eigenvalue weighted by molar-refractivity contribution is 0.601. The summed E-state index contributed by atoms with van der Waals surface area (Å²) < 4.78 is 27.0. The van der Waals surface area contributed by atoms with Gasteiger partial charge >= 0.3 is 0 Å². The molecule has 0 radical (unpaired) electrons. The molecule has 0 aliphatic heterocycles. The zero-order valence-corrected chi connectivity index (χ0v) is 12.1. The third-order valence-corrected chi connectivity index (χ3v) is 4.76. The molecule has 5 nitrogen and oxygen atoms in total. The second-order valence-electron chi connectivity index (χ2n) is 4.62. The molecular formula is C13H12ClN3O2S. The maximum Gasteiger partial charge on any atom is 0.263 e. The van der Waals surface area contributed by atoms with Gasteiger partial charge in [0.25, 0.3) is 10.0 Å². The Hall–Kier alpha value is -1.66. The highest BCUT2D eigenvalue weighted by Crippen LogP contribution is 2.25. The number of fused-ring (bicyclic) bond motifs is 1. The number of halogens is 1. The maximum absolute atomic E-state index is 12.3. The highest BCUT2D eigenvalue weighted by atomic mass is 35.5. The Morgan fingerprint density at radius 2 is 1.95 bits per heavy atom. The van der Waals surface area contributed by atoms with Gasteiger partial charge in [0, 0.05) is 0 Å². The van der Waals surface area contributed by atoms with Gasteiger partial charge in [-0.3, -0.25) is 9.71 Å². The predicted octanol–water partition coefficient (Wildman–Crippen LogP) is 2.42. The fraction of sp³-hybridized carbons (Fsp3) is 0.231. The SMILES string of the molecule is O=S(=O)(Nc1cncc(Cl)n1)c1ccc2c(c1)CCC2. The third-order valence-electron chi connectivity index (χ3n) is 3.22. The summed E-state index contributed by atoms with van der Waals surface area (Å²) in [5, 5.41) is 0.138. The van der Waals surface area contributed by atoms with Crippen LogP contribution >= 0.6 is 11.6 Å². The Kier molecular flexibility index (Phi) is 3.35. The summed E-state index contributed by atoms with van der Waals surface area (Å²) in [6.45, 7) is 0. The van der Waals surface area contributed by atoms with Crippen molar-refractivity contribution in [1.82, 2.24) is 9.97 Å². The lowest BCUT2D eigenvalue weighted by atomic mass is 10.1. The number of aryl methyl sites for hydroxylation is 2. The predicted molar refractivity (Wildman–Crippen MR) is 76.3 cm³/mol. The van der Waals surface area contributed by atoms with Crippen LogP contribution in [0.5, 0.6) is 0 Å². The van der Waals surface area contributed by atoms with E-state index in [0.717, 1.165) is 24.8 Å². The Morgan fingerprint density at radius 1 is 1.15 bits per heavy atom. The fourth-order valence-electron chi connectivity index (χ4n) is 2.30. The minimum Gasteiger partial charge on any atom is -0.262 e. The number of nitrogens with one attached hydrogen (secondary N) is 1. The van der Waals surface area contributed by atoms with Crippen molar-refractivity contribution in [3.05, 3.63) is 46.9 Å². The van der Waals surface area contributed by atoms with Crippen molar-refractivity contribution < 1.29 is 8.42 Å². The number of benzene rings is 1. The topological polar surface area (TPSA) is 72.0 Å². The summed E-state index contributed by atoms with van der Waals surface area (Å²) in [5.41, 5.74) is 2.33. The molecule has 1 aliphatic rings. The molecule has 0 fully saturated rings. The lowest BCUT2D eigenvalue weighted by Gasteiger charge is -2.08. The Balaban J connectivity index is 1.92. The van der Waals surface area contributed by atoms with E-state index in [4.69, 9.17) is 11.6 Å². The van der Waals surface area contributed by atoms with E-state index < -0.39 is 10.0 Å². The summed E-state index contributed by atoms with van der Waals surface area (Å²) in [4.78, 5) is 7.90. The van der Waals surface area contributed by atoms with Crippen LogP contribution in [0.25, 0.3) is 0 Å². The van der Waals surface area contributed by atoms with Crippen LogP contribution in [0.3, 0.4) is 0 Å². The van der Waals surface area contributed by atoms with Gasteiger partial charge in [-0.25, -0.2) is 13.4 Å². The molecule has 1 aromatic carbocycles. The van der Waals surface area contributed by atoms with Crippen LogP contribution in [0.2, 0.25) is 5.15 Å². The molecule has 3 rings (SSSR count). The first-order valence-electron chi connectivity index (χ1n) is 6.17. The van der Waals surface area contributed by atoms with Gasteiger partial charge in [0.2, 0.25) is 0 Å². The first kappa shape index (κ1) is 13.3. The van der Waals surface area contributed by atoms with Gasteiger partial charge in [-0.2, -0.15) is 0 Å². The number of hydrogen-bond acceptors (Lipinski definition) is 4. The van der Waals surface area contributed by atoms with E-state index in [0.29, 0.717) is 0 Å². The largest absolute Gasteiger partial charge is 0.263 e. The molecule has 0 saturated carbocycles. The maximum atomic E-state index is 12.3. The minimum absolute atomic E-state index is 0.109. The normalized spacial score (nSPS) is 14.1. The number of rotatable bonds is 3. The fourth-order valence-corrected chi connectivity index (χ4v) is 3.49. The number of aromatic nitrogens is 2. The summed E-state index contributed by atoms with van der Waals surface area (Å²) in [6, 6.07) is 5.22. The average Bonchev–Trinajstić information content (AvgIpc) is 2.85. The van der Waals surface area contributed by atoms with Gasteiger partial charge in [-0.15, -0.1) is 0 Å². The summed E-state index contributed by atoms with van der Waals surface area (Å²) in [5.74, 6) is 0.109. The highest BCUT2D eigenvalue weighted by Gasteiger charge is 2.19. The molecular weight excluding hydrogens is 298 g/mol. The zero-order chi connectivity index (χ0) is 14.2. The van der Waals surface area contributed by atoms with E-state index in [1.807, 2.05) is 6.07 Å². The number of hydrogen-bond donors (Lipinski definition) is 1. The smallest absolute Gasteiger partial charge is 0.262 e. The first-order valence-corrected chi connectivity index (χ1v) is 8.03. The van der Waals surface area contributed by atoms with E-state index in [-0.39, 0.29) is 15.9 Å². The third kappa shape index (κ3) is 2.62. The second kappa shape index (κ2) is 5.03. The quantitative estimate of drug-likeness (QED) is 0.945. The van der Waals surface area contributed by atoms with Crippen LogP contribution < -0.4 is 4.72 Å².